The van der Waals surface area contributed by atoms with Crippen molar-refractivity contribution in [1.29, 1.82) is 0 Å². The van der Waals surface area contributed by atoms with Crippen LogP contribution in [0.15, 0.2) is 42.6 Å². The van der Waals surface area contributed by atoms with E-state index in [-0.39, 0.29) is 37.6 Å². The van der Waals surface area contributed by atoms with Gasteiger partial charge in [0.05, 0.1) is 30.5 Å². The summed E-state index contributed by atoms with van der Waals surface area (Å²) < 4.78 is 48.6. The topological polar surface area (TPSA) is 89.5 Å². The summed E-state index contributed by atoms with van der Waals surface area (Å²) in [5.74, 6) is -0.184. The molecule has 32 heavy (non-hydrogen) atoms. The summed E-state index contributed by atoms with van der Waals surface area (Å²) in [6, 6.07) is 8.49. The third-order valence-corrected chi connectivity index (χ3v) is 4.96. The Morgan fingerprint density at radius 1 is 1.16 bits per heavy atom. The lowest BCUT2D eigenvalue weighted by atomic mass is 10.0. The number of rotatable bonds is 7. The minimum Gasteiger partial charge on any atom is -0.484 e. The summed E-state index contributed by atoms with van der Waals surface area (Å²) >= 11 is 5.79. The van der Waals surface area contributed by atoms with Gasteiger partial charge in [-0.15, -0.1) is 0 Å². The van der Waals surface area contributed by atoms with Crippen LogP contribution < -0.4 is 15.4 Å². The lowest BCUT2D eigenvalue weighted by Gasteiger charge is -2.28. The minimum atomic E-state index is -4.46. The zero-order chi connectivity index (χ0) is 23.1. The molecule has 1 aromatic carbocycles. The van der Waals surface area contributed by atoms with Crippen LogP contribution in [0.4, 0.5) is 13.2 Å². The van der Waals surface area contributed by atoms with E-state index < -0.39 is 17.8 Å². The van der Waals surface area contributed by atoms with Crippen LogP contribution in [0, 0.1) is 0 Å². The van der Waals surface area contributed by atoms with Crippen molar-refractivity contribution in [2.45, 2.75) is 37.7 Å². The highest BCUT2D eigenvalue weighted by Gasteiger charge is 2.31. The van der Waals surface area contributed by atoms with Gasteiger partial charge in [-0.3, -0.25) is 14.6 Å². The molecule has 1 aliphatic heterocycles. The average Bonchev–Trinajstić information content (AvgIpc) is 2.77. The van der Waals surface area contributed by atoms with Crippen molar-refractivity contribution < 1.29 is 32.2 Å². The Morgan fingerprint density at radius 2 is 1.91 bits per heavy atom. The molecule has 1 aliphatic rings. The molecule has 2 atom stereocenters. The highest BCUT2D eigenvalue weighted by atomic mass is 35.5. The van der Waals surface area contributed by atoms with Crippen LogP contribution in [0.25, 0.3) is 0 Å². The van der Waals surface area contributed by atoms with Crippen LogP contribution in [0.5, 0.6) is 5.75 Å². The first-order valence-electron chi connectivity index (χ1n) is 9.80. The van der Waals surface area contributed by atoms with E-state index in [0.717, 1.165) is 12.3 Å². The molecule has 0 aliphatic carbocycles. The Bertz CT molecular complexity index is 915. The van der Waals surface area contributed by atoms with Crippen LogP contribution in [-0.2, 0) is 27.0 Å². The van der Waals surface area contributed by atoms with Crippen molar-refractivity contribution in [3.8, 4) is 5.75 Å². The molecule has 1 fully saturated rings. The molecule has 1 aromatic heterocycles. The van der Waals surface area contributed by atoms with E-state index in [1.165, 1.54) is 6.07 Å². The Hall–Kier alpha value is -2.85. The molecule has 2 N–H and O–H groups in total. The third kappa shape index (κ3) is 7.10. The summed E-state index contributed by atoms with van der Waals surface area (Å²) in [5.41, 5.74) is -0.553. The predicted molar refractivity (Wildman–Crippen MR) is 109 cm³/mol. The van der Waals surface area contributed by atoms with E-state index in [2.05, 4.69) is 15.6 Å². The molecule has 7 nitrogen and oxygen atoms in total. The zero-order valence-electron chi connectivity index (χ0n) is 16.8. The summed E-state index contributed by atoms with van der Waals surface area (Å²) in [7, 11) is 0. The number of carbonyl (C=O) groups is 2. The standard InChI is InChI=1S/C21H21ClF3N3O4/c22-14-2-6-17(7-3-14)31-12-19(29)28-16-5-8-18(32-11-16)20(30)27-10-15-4-1-13(9-26-15)21(23,24)25/h1-4,6-7,9,16,18H,5,8,10-12H2,(H,27,30)(H,28,29)/t16-,18+/m1/s1. The van der Waals surface area contributed by atoms with Crippen molar-refractivity contribution in [2.24, 2.45) is 0 Å². The number of halogens is 4. The number of amides is 2. The first kappa shape index (κ1) is 23.8. The van der Waals surface area contributed by atoms with Crippen LogP contribution in [-0.4, -0.2) is 42.2 Å². The lowest BCUT2D eigenvalue weighted by molar-refractivity contribution is -0.138. The Labute approximate surface area is 187 Å². The number of hydrogen-bond donors (Lipinski definition) is 2. The molecule has 0 radical (unpaired) electrons. The van der Waals surface area contributed by atoms with Gasteiger partial charge in [0, 0.05) is 11.2 Å². The number of alkyl halides is 3. The van der Waals surface area contributed by atoms with Crippen molar-refractivity contribution >= 4 is 23.4 Å². The van der Waals surface area contributed by atoms with Crippen LogP contribution >= 0.6 is 11.6 Å². The Morgan fingerprint density at radius 3 is 2.50 bits per heavy atom. The Kier molecular flexibility index (Phi) is 7.92. The van der Waals surface area contributed by atoms with Crippen LogP contribution in [0.1, 0.15) is 24.1 Å². The summed E-state index contributed by atoms with van der Waals surface area (Å²) in [6.07, 6.45) is -3.53. The smallest absolute Gasteiger partial charge is 0.417 e. The maximum atomic E-state index is 12.6. The van der Waals surface area contributed by atoms with Crippen molar-refractivity contribution in [2.75, 3.05) is 13.2 Å². The van der Waals surface area contributed by atoms with Gasteiger partial charge in [-0.2, -0.15) is 13.2 Å². The van der Waals surface area contributed by atoms with E-state index in [1.54, 1.807) is 24.3 Å². The normalized spacial score (nSPS) is 18.6. The second-order valence-electron chi connectivity index (χ2n) is 7.16. The molecule has 0 bridgehead atoms. The lowest BCUT2D eigenvalue weighted by Crippen LogP contribution is -2.48. The number of pyridine rings is 1. The number of aromatic nitrogens is 1. The number of hydrogen-bond acceptors (Lipinski definition) is 5. The fourth-order valence-corrected chi connectivity index (χ4v) is 3.14. The fourth-order valence-electron chi connectivity index (χ4n) is 3.01. The molecule has 172 valence electrons. The van der Waals surface area contributed by atoms with Gasteiger partial charge < -0.3 is 20.1 Å². The zero-order valence-corrected chi connectivity index (χ0v) is 17.6. The largest absolute Gasteiger partial charge is 0.484 e. The molecule has 2 heterocycles. The highest BCUT2D eigenvalue weighted by Crippen LogP contribution is 2.28. The fraction of sp³-hybridized carbons (Fsp3) is 0.381. The molecular formula is C21H21ClF3N3O4. The second kappa shape index (κ2) is 10.6. The first-order valence-corrected chi connectivity index (χ1v) is 10.2. The predicted octanol–water partition coefficient (Wildman–Crippen LogP) is 3.11. The molecule has 2 amide bonds. The van der Waals surface area contributed by atoms with Crippen molar-refractivity contribution in [3.63, 3.8) is 0 Å². The second-order valence-corrected chi connectivity index (χ2v) is 7.60. The van der Waals surface area contributed by atoms with E-state index in [4.69, 9.17) is 21.1 Å². The van der Waals surface area contributed by atoms with Crippen molar-refractivity contribution in [3.05, 3.63) is 58.9 Å². The van der Waals surface area contributed by atoms with Gasteiger partial charge in [0.2, 0.25) is 5.91 Å². The van der Waals surface area contributed by atoms with Crippen LogP contribution in [0.2, 0.25) is 5.02 Å². The van der Waals surface area contributed by atoms with Gasteiger partial charge in [0.15, 0.2) is 6.61 Å². The average molecular weight is 472 g/mol. The molecule has 1 saturated heterocycles. The van der Waals surface area contributed by atoms with E-state index >= 15 is 0 Å². The van der Waals surface area contributed by atoms with Crippen molar-refractivity contribution in [1.82, 2.24) is 15.6 Å². The number of carbonyl (C=O) groups excluding carboxylic acids is 2. The van der Waals surface area contributed by atoms with E-state index in [0.29, 0.717) is 29.3 Å². The SMILES string of the molecule is O=C(COc1ccc(Cl)cc1)N[C@@H]1CC[C@@H](C(=O)NCc2ccc(C(F)(F)F)cn2)OC1. The number of benzene rings is 1. The quantitative estimate of drug-likeness (QED) is 0.647. The van der Waals surface area contributed by atoms with Gasteiger partial charge in [0.25, 0.3) is 5.91 Å². The maximum absolute atomic E-state index is 12.6. The first-order chi connectivity index (χ1) is 15.2. The molecule has 0 saturated carbocycles. The molecule has 3 rings (SSSR count). The maximum Gasteiger partial charge on any atom is 0.417 e. The number of nitrogens with zero attached hydrogens (tertiary/aromatic N) is 1. The van der Waals surface area contributed by atoms with E-state index in [9.17, 15) is 22.8 Å². The van der Waals surface area contributed by atoms with E-state index in [1.807, 2.05) is 0 Å². The van der Waals surface area contributed by atoms with Gasteiger partial charge in [-0.05, 0) is 49.2 Å². The number of ether oxygens (including phenoxy) is 2. The minimum absolute atomic E-state index is 0.0148. The molecule has 0 unspecified atom stereocenters. The van der Waals surface area contributed by atoms with Crippen LogP contribution in [0.3, 0.4) is 0 Å². The molecule has 11 heteroatoms. The summed E-state index contributed by atoms with van der Waals surface area (Å²) in [5, 5.41) is 5.95. The summed E-state index contributed by atoms with van der Waals surface area (Å²) in [6.45, 7) is -0.0233. The van der Waals surface area contributed by atoms with Gasteiger partial charge in [0.1, 0.15) is 11.9 Å². The van der Waals surface area contributed by atoms with Gasteiger partial charge in [-0.25, -0.2) is 0 Å². The molecule has 2 aromatic rings. The monoisotopic (exact) mass is 471 g/mol. The molecular weight excluding hydrogens is 451 g/mol. The van der Waals surface area contributed by atoms with Gasteiger partial charge in [-0.1, -0.05) is 11.6 Å². The Balaban J connectivity index is 1.36. The third-order valence-electron chi connectivity index (χ3n) is 4.71. The molecule has 0 spiro atoms. The highest BCUT2D eigenvalue weighted by molar-refractivity contribution is 6.30. The summed E-state index contributed by atoms with van der Waals surface area (Å²) in [4.78, 5) is 28.0. The van der Waals surface area contributed by atoms with Gasteiger partial charge >= 0.3 is 6.18 Å². The number of nitrogens with one attached hydrogen (secondary N) is 2.